The Kier molecular flexibility index (Phi) is 6.55. The number of primary amides is 1. The Labute approximate surface area is 150 Å². The normalized spacial score (nSPS) is 10.4. The maximum atomic E-state index is 12.1. The number of nitrogens with two attached hydrogens (primary N) is 1. The van der Waals surface area contributed by atoms with Crippen LogP contribution >= 0.6 is 0 Å². The Morgan fingerprint density at radius 3 is 2.62 bits per heavy atom. The minimum atomic E-state index is -0.585. The van der Waals surface area contributed by atoms with Crippen LogP contribution in [0.5, 0.6) is 17.2 Å². The van der Waals surface area contributed by atoms with Crippen LogP contribution in [0.25, 0.3) is 0 Å². The number of carbonyl (C=O) groups excluding carboxylic acids is 2. The van der Waals surface area contributed by atoms with E-state index in [1.807, 2.05) is 0 Å². The van der Waals surface area contributed by atoms with Gasteiger partial charge in [-0.25, -0.2) is 5.43 Å². The van der Waals surface area contributed by atoms with E-state index in [9.17, 15) is 9.59 Å². The van der Waals surface area contributed by atoms with E-state index in [4.69, 9.17) is 19.9 Å². The van der Waals surface area contributed by atoms with E-state index < -0.39 is 5.91 Å². The average molecular weight is 357 g/mol. The van der Waals surface area contributed by atoms with Crippen molar-refractivity contribution in [1.82, 2.24) is 5.43 Å². The number of hydrogen-bond donors (Lipinski definition) is 2. The van der Waals surface area contributed by atoms with E-state index >= 15 is 0 Å². The lowest BCUT2D eigenvalue weighted by molar-refractivity contribution is -0.119. The molecule has 26 heavy (non-hydrogen) atoms. The number of carbonyl (C=O) groups is 2. The van der Waals surface area contributed by atoms with Crippen LogP contribution in [-0.4, -0.2) is 38.9 Å². The molecule has 3 N–H and O–H groups in total. The molecular weight excluding hydrogens is 338 g/mol. The summed E-state index contributed by atoms with van der Waals surface area (Å²) in [5, 5.41) is 3.92. The summed E-state index contributed by atoms with van der Waals surface area (Å²) in [6.45, 7) is -0.250. The summed E-state index contributed by atoms with van der Waals surface area (Å²) >= 11 is 0. The highest BCUT2D eigenvalue weighted by molar-refractivity contribution is 5.95. The van der Waals surface area contributed by atoms with Crippen molar-refractivity contribution in [2.75, 3.05) is 20.8 Å². The van der Waals surface area contributed by atoms with Crippen molar-refractivity contribution in [3.05, 3.63) is 53.6 Å². The SMILES string of the molecule is COc1cccc(C(=O)N/N=C/c2ccc(OCC(N)=O)c(OC)c2)c1. The summed E-state index contributed by atoms with van der Waals surface area (Å²) in [6, 6.07) is 11.7. The molecule has 0 radical (unpaired) electrons. The number of nitrogens with one attached hydrogen (secondary N) is 1. The molecule has 0 atom stereocenters. The molecule has 2 amide bonds. The molecular formula is C18H19N3O5. The number of hydrazone groups is 1. The van der Waals surface area contributed by atoms with Crippen molar-refractivity contribution in [2.45, 2.75) is 0 Å². The third kappa shape index (κ3) is 5.23. The Balaban J connectivity index is 2.03. The molecule has 2 rings (SSSR count). The van der Waals surface area contributed by atoms with Crippen molar-refractivity contribution in [3.8, 4) is 17.2 Å². The first-order valence-corrected chi connectivity index (χ1v) is 7.60. The van der Waals surface area contributed by atoms with Crippen LogP contribution in [0.1, 0.15) is 15.9 Å². The summed E-state index contributed by atoms with van der Waals surface area (Å²) in [4.78, 5) is 22.8. The monoisotopic (exact) mass is 357 g/mol. The highest BCUT2D eigenvalue weighted by atomic mass is 16.5. The van der Waals surface area contributed by atoms with Gasteiger partial charge in [0, 0.05) is 5.56 Å². The van der Waals surface area contributed by atoms with Crippen molar-refractivity contribution < 1.29 is 23.8 Å². The molecule has 0 aliphatic heterocycles. The van der Waals surface area contributed by atoms with Gasteiger partial charge in [-0.3, -0.25) is 9.59 Å². The lowest BCUT2D eigenvalue weighted by atomic mass is 10.2. The highest BCUT2D eigenvalue weighted by Gasteiger charge is 2.07. The van der Waals surface area contributed by atoms with Gasteiger partial charge < -0.3 is 19.9 Å². The lowest BCUT2D eigenvalue weighted by Gasteiger charge is -2.09. The topological polar surface area (TPSA) is 112 Å². The molecule has 2 aromatic carbocycles. The van der Waals surface area contributed by atoms with Crippen LogP contribution in [-0.2, 0) is 4.79 Å². The number of rotatable bonds is 8. The molecule has 0 aliphatic carbocycles. The van der Waals surface area contributed by atoms with Gasteiger partial charge in [-0.1, -0.05) is 6.07 Å². The van der Waals surface area contributed by atoms with E-state index in [1.54, 1.807) is 42.5 Å². The van der Waals surface area contributed by atoms with E-state index in [-0.39, 0.29) is 12.5 Å². The number of nitrogens with zero attached hydrogens (tertiary/aromatic N) is 1. The molecule has 0 fully saturated rings. The quantitative estimate of drug-likeness (QED) is 0.547. The largest absolute Gasteiger partial charge is 0.497 e. The van der Waals surface area contributed by atoms with Crippen molar-refractivity contribution in [2.24, 2.45) is 10.8 Å². The van der Waals surface area contributed by atoms with Crippen LogP contribution in [0.15, 0.2) is 47.6 Å². The maximum absolute atomic E-state index is 12.1. The van der Waals surface area contributed by atoms with E-state index in [0.29, 0.717) is 28.4 Å². The zero-order valence-corrected chi connectivity index (χ0v) is 14.4. The van der Waals surface area contributed by atoms with Crippen LogP contribution < -0.4 is 25.4 Å². The fourth-order valence-electron chi connectivity index (χ4n) is 2.03. The molecule has 0 spiro atoms. The number of methoxy groups -OCH3 is 2. The summed E-state index contributed by atoms with van der Waals surface area (Å²) < 4.78 is 15.5. The molecule has 136 valence electrons. The molecule has 2 aromatic rings. The minimum Gasteiger partial charge on any atom is -0.497 e. The number of ether oxygens (including phenoxy) is 3. The van der Waals surface area contributed by atoms with Gasteiger partial charge in [-0.05, 0) is 42.0 Å². The summed E-state index contributed by atoms with van der Waals surface area (Å²) in [5.74, 6) is 0.419. The molecule has 0 aromatic heterocycles. The second kappa shape index (κ2) is 9.07. The van der Waals surface area contributed by atoms with Gasteiger partial charge in [-0.2, -0.15) is 5.10 Å². The standard InChI is InChI=1S/C18H19N3O5/c1-24-14-5-3-4-13(9-14)18(23)21-20-10-12-6-7-15(16(8-12)25-2)26-11-17(19)22/h3-10H,11H2,1-2H3,(H2,19,22)(H,21,23)/b20-10+. The van der Waals surface area contributed by atoms with Crippen LogP contribution in [0, 0.1) is 0 Å². The average Bonchev–Trinajstić information content (AvgIpc) is 2.66. The Hall–Kier alpha value is -3.55. The maximum Gasteiger partial charge on any atom is 0.271 e. The minimum absolute atomic E-state index is 0.250. The Morgan fingerprint density at radius 2 is 1.92 bits per heavy atom. The Bertz CT molecular complexity index is 820. The molecule has 0 aliphatic rings. The van der Waals surface area contributed by atoms with Crippen LogP contribution in [0.2, 0.25) is 0 Å². The van der Waals surface area contributed by atoms with Crippen LogP contribution in [0.3, 0.4) is 0 Å². The summed E-state index contributed by atoms with van der Waals surface area (Å²) in [6.07, 6.45) is 1.46. The summed E-state index contributed by atoms with van der Waals surface area (Å²) in [5.41, 5.74) is 8.57. The molecule has 8 heteroatoms. The van der Waals surface area contributed by atoms with Crippen LogP contribution in [0.4, 0.5) is 0 Å². The number of benzene rings is 2. The molecule has 8 nitrogen and oxygen atoms in total. The molecule has 0 heterocycles. The smallest absolute Gasteiger partial charge is 0.271 e. The van der Waals surface area contributed by atoms with Gasteiger partial charge >= 0.3 is 0 Å². The highest BCUT2D eigenvalue weighted by Crippen LogP contribution is 2.27. The number of hydrogen-bond acceptors (Lipinski definition) is 6. The van der Waals surface area contributed by atoms with Crippen molar-refractivity contribution in [1.29, 1.82) is 0 Å². The Morgan fingerprint density at radius 1 is 1.12 bits per heavy atom. The van der Waals surface area contributed by atoms with Gasteiger partial charge in [0.05, 0.1) is 20.4 Å². The first-order chi connectivity index (χ1) is 12.5. The molecule has 0 saturated heterocycles. The third-order valence-corrected chi connectivity index (χ3v) is 3.27. The fraction of sp³-hybridized carbons (Fsp3) is 0.167. The lowest BCUT2D eigenvalue weighted by Crippen LogP contribution is -2.20. The van der Waals surface area contributed by atoms with Gasteiger partial charge in [-0.15, -0.1) is 0 Å². The first kappa shape index (κ1) is 18.8. The molecule has 0 bridgehead atoms. The van der Waals surface area contributed by atoms with Crippen molar-refractivity contribution >= 4 is 18.0 Å². The number of amides is 2. The van der Waals surface area contributed by atoms with Crippen molar-refractivity contribution in [3.63, 3.8) is 0 Å². The third-order valence-electron chi connectivity index (χ3n) is 3.27. The van der Waals surface area contributed by atoms with Gasteiger partial charge in [0.1, 0.15) is 5.75 Å². The van der Waals surface area contributed by atoms with E-state index in [1.165, 1.54) is 20.4 Å². The zero-order valence-electron chi connectivity index (χ0n) is 14.4. The molecule has 0 unspecified atom stereocenters. The second-order valence-corrected chi connectivity index (χ2v) is 5.10. The predicted octanol–water partition coefficient (Wildman–Crippen LogP) is 1.33. The zero-order chi connectivity index (χ0) is 18.9. The molecule has 0 saturated carbocycles. The van der Waals surface area contributed by atoms with Gasteiger partial charge in [0.15, 0.2) is 18.1 Å². The van der Waals surface area contributed by atoms with E-state index in [2.05, 4.69) is 10.5 Å². The first-order valence-electron chi connectivity index (χ1n) is 7.60. The summed E-state index contributed by atoms with van der Waals surface area (Å²) in [7, 11) is 3.00. The van der Waals surface area contributed by atoms with E-state index in [0.717, 1.165) is 0 Å². The van der Waals surface area contributed by atoms with Gasteiger partial charge in [0.2, 0.25) is 0 Å². The second-order valence-electron chi connectivity index (χ2n) is 5.10. The van der Waals surface area contributed by atoms with Gasteiger partial charge in [0.25, 0.3) is 11.8 Å². The predicted molar refractivity (Wildman–Crippen MR) is 95.7 cm³/mol. The fourth-order valence-corrected chi connectivity index (χ4v) is 2.03.